The topological polar surface area (TPSA) is 37.3 Å². The van der Waals surface area contributed by atoms with Gasteiger partial charge in [-0.1, -0.05) is 19.4 Å². The molecule has 0 heterocycles. The molecule has 3 heteroatoms. The van der Waals surface area contributed by atoms with E-state index in [1.165, 1.54) is 0 Å². The molecule has 1 N–H and O–H groups in total. The van der Waals surface area contributed by atoms with Gasteiger partial charge in [0.2, 0.25) is 0 Å². The van der Waals surface area contributed by atoms with Gasteiger partial charge in [0, 0.05) is 0 Å². The van der Waals surface area contributed by atoms with Crippen molar-refractivity contribution in [2.45, 2.75) is 37.9 Å². The molecule has 1 fully saturated rings. The standard InChI is InChI=1S/C9H16O2S/c1-3-6-9(2)7-4-5-8(9)12(10)11/h3,8H,1,4-7H2,2H3,(H,10,11)/t8-,9-/m1/s1. The Balaban J connectivity index is 2.73. The summed E-state index contributed by atoms with van der Waals surface area (Å²) < 4.78 is 20.0. The van der Waals surface area contributed by atoms with Gasteiger partial charge >= 0.3 is 0 Å². The zero-order chi connectivity index (χ0) is 9.19. The predicted octanol–water partition coefficient (Wildman–Crippen LogP) is 2.34. The summed E-state index contributed by atoms with van der Waals surface area (Å²) in [4.78, 5) is 0. The summed E-state index contributed by atoms with van der Waals surface area (Å²) in [5, 5.41) is -0.0458. The lowest BCUT2D eigenvalue weighted by molar-refractivity contribution is 0.338. The van der Waals surface area contributed by atoms with E-state index in [1.54, 1.807) is 0 Å². The lowest BCUT2D eigenvalue weighted by Crippen LogP contribution is -2.29. The van der Waals surface area contributed by atoms with Crippen LogP contribution in [0.25, 0.3) is 0 Å². The number of hydrogen-bond acceptors (Lipinski definition) is 1. The Bertz CT molecular complexity index is 203. The third kappa shape index (κ3) is 1.77. The van der Waals surface area contributed by atoms with Gasteiger partial charge in [0.25, 0.3) is 0 Å². The Labute approximate surface area is 76.3 Å². The van der Waals surface area contributed by atoms with E-state index in [9.17, 15) is 4.21 Å². The minimum absolute atomic E-state index is 0.0152. The molecule has 0 bridgehead atoms. The van der Waals surface area contributed by atoms with Crippen LogP contribution in [0.15, 0.2) is 12.7 Å². The first-order valence-corrected chi connectivity index (χ1v) is 5.48. The van der Waals surface area contributed by atoms with Gasteiger partial charge in [-0.3, -0.25) is 0 Å². The van der Waals surface area contributed by atoms with Crippen LogP contribution in [-0.4, -0.2) is 14.0 Å². The monoisotopic (exact) mass is 188 g/mol. The normalized spacial score (nSPS) is 38.0. The van der Waals surface area contributed by atoms with Gasteiger partial charge in [-0.25, -0.2) is 4.21 Å². The van der Waals surface area contributed by atoms with Crippen molar-refractivity contribution in [1.29, 1.82) is 0 Å². The van der Waals surface area contributed by atoms with E-state index in [0.717, 1.165) is 25.7 Å². The van der Waals surface area contributed by atoms with Crippen molar-refractivity contribution in [1.82, 2.24) is 0 Å². The van der Waals surface area contributed by atoms with E-state index in [0.29, 0.717) is 0 Å². The molecule has 1 rings (SSSR count). The average Bonchev–Trinajstić information content (AvgIpc) is 2.32. The summed E-state index contributed by atoms with van der Waals surface area (Å²) in [6.45, 7) is 5.77. The predicted molar refractivity (Wildman–Crippen MR) is 51.3 cm³/mol. The maximum Gasteiger partial charge on any atom is 0.156 e. The van der Waals surface area contributed by atoms with Crippen molar-refractivity contribution in [2.75, 3.05) is 0 Å². The Hall–Kier alpha value is -0.150. The van der Waals surface area contributed by atoms with E-state index < -0.39 is 11.1 Å². The lowest BCUT2D eigenvalue weighted by Gasteiger charge is -2.27. The highest BCUT2D eigenvalue weighted by Gasteiger charge is 2.41. The molecular formula is C9H16O2S. The molecule has 1 aliphatic rings. The molecule has 0 aromatic heterocycles. The van der Waals surface area contributed by atoms with Crippen LogP contribution in [0.2, 0.25) is 0 Å². The Morgan fingerprint density at radius 3 is 3.00 bits per heavy atom. The van der Waals surface area contributed by atoms with Crippen LogP contribution in [0.4, 0.5) is 0 Å². The average molecular weight is 188 g/mol. The largest absolute Gasteiger partial charge is 0.306 e. The van der Waals surface area contributed by atoms with Gasteiger partial charge in [0.15, 0.2) is 11.1 Å². The van der Waals surface area contributed by atoms with E-state index >= 15 is 0 Å². The summed E-state index contributed by atoms with van der Waals surface area (Å²) in [5.74, 6) is 0. The van der Waals surface area contributed by atoms with Crippen LogP contribution in [0.5, 0.6) is 0 Å². The van der Waals surface area contributed by atoms with Gasteiger partial charge in [-0.15, -0.1) is 6.58 Å². The molecule has 1 aliphatic carbocycles. The molecule has 2 nitrogen and oxygen atoms in total. The summed E-state index contributed by atoms with van der Waals surface area (Å²) in [6, 6.07) is 0. The number of allylic oxidation sites excluding steroid dienone is 1. The van der Waals surface area contributed by atoms with Crippen molar-refractivity contribution in [3.05, 3.63) is 12.7 Å². The third-order valence-electron chi connectivity index (χ3n) is 2.85. The van der Waals surface area contributed by atoms with Crippen LogP contribution < -0.4 is 0 Å². The fourth-order valence-corrected chi connectivity index (χ4v) is 3.18. The Morgan fingerprint density at radius 1 is 1.83 bits per heavy atom. The first-order chi connectivity index (χ1) is 5.60. The molecule has 0 aromatic rings. The summed E-state index contributed by atoms with van der Waals surface area (Å²) in [5.41, 5.74) is 0.0152. The minimum Gasteiger partial charge on any atom is -0.306 e. The lowest BCUT2D eigenvalue weighted by atomic mass is 9.85. The molecular weight excluding hydrogens is 172 g/mol. The molecule has 70 valence electrons. The van der Waals surface area contributed by atoms with Crippen LogP contribution in [0.1, 0.15) is 32.6 Å². The minimum atomic E-state index is -1.66. The van der Waals surface area contributed by atoms with Gasteiger partial charge in [-0.2, -0.15) is 0 Å². The second kappa shape index (κ2) is 3.71. The second-order valence-electron chi connectivity index (χ2n) is 3.80. The zero-order valence-electron chi connectivity index (χ0n) is 7.45. The molecule has 0 radical (unpaired) electrons. The van der Waals surface area contributed by atoms with Crippen LogP contribution in [0, 0.1) is 5.41 Å². The SMILES string of the molecule is C=CC[C@]1(C)CCC[C@H]1S(=O)O. The maximum absolute atomic E-state index is 11.0. The van der Waals surface area contributed by atoms with E-state index in [4.69, 9.17) is 4.55 Å². The van der Waals surface area contributed by atoms with Crippen molar-refractivity contribution in [3.8, 4) is 0 Å². The van der Waals surface area contributed by atoms with Gasteiger partial charge in [-0.05, 0) is 24.7 Å². The summed E-state index contributed by atoms with van der Waals surface area (Å²) in [6.07, 6.45) is 5.71. The van der Waals surface area contributed by atoms with Crippen molar-refractivity contribution in [2.24, 2.45) is 5.41 Å². The number of rotatable bonds is 3. The highest BCUT2D eigenvalue weighted by Crippen LogP contribution is 2.43. The fraction of sp³-hybridized carbons (Fsp3) is 0.778. The molecule has 0 aliphatic heterocycles. The van der Waals surface area contributed by atoms with Gasteiger partial charge in [0.05, 0.1) is 5.25 Å². The molecule has 0 aromatic carbocycles. The molecule has 0 amide bonds. The van der Waals surface area contributed by atoms with Crippen LogP contribution >= 0.6 is 0 Å². The Morgan fingerprint density at radius 2 is 2.50 bits per heavy atom. The van der Waals surface area contributed by atoms with Gasteiger partial charge < -0.3 is 4.55 Å². The maximum atomic E-state index is 11.0. The summed E-state index contributed by atoms with van der Waals surface area (Å²) in [7, 11) is 0. The molecule has 12 heavy (non-hydrogen) atoms. The van der Waals surface area contributed by atoms with Gasteiger partial charge in [0.1, 0.15) is 0 Å². The highest BCUT2D eigenvalue weighted by atomic mass is 32.2. The fourth-order valence-electron chi connectivity index (χ4n) is 2.11. The molecule has 3 atom stereocenters. The van der Waals surface area contributed by atoms with Crippen molar-refractivity contribution < 1.29 is 8.76 Å². The van der Waals surface area contributed by atoms with Crippen molar-refractivity contribution in [3.63, 3.8) is 0 Å². The highest BCUT2D eigenvalue weighted by molar-refractivity contribution is 7.79. The van der Waals surface area contributed by atoms with Crippen molar-refractivity contribution >= 4 is 11.1 Å². The first kappa shape index (κ1) is 9.93. The van der Waals surface area contributed by atoms with E-state index in [-0.39, 0.29) is 10.7 Å². The quantitative estimate of drug-likeness (QED) is 0.545. The van der Waals surface area contributed by atoms with Crippen LogP contribution in [0.3, 0.4) is 0 Å². The van der Waals surface area contributed by atoms with E-state index in [2.05, 4.69) is 13.5 Å². The molecule has 1 unspecified atom stereocenters. The molecule has 0 spiro atoms. The number of hydrogen-bond donors (Lipinski definition) is 1. The van der Waals surface area contributed by atoms with E-state index in [1.807, 2.05) is 6.08 Å². The molecule has 1 saturated carbocycles. The smallest absolute Gasteiger partial charge is 0.156 e. The second-order valence-corrected chi connectivity index (χ2v) is 4.93. The third-order valence-corrected chi connectivity index (χ3v) is 4.14. The Kier molecular flexibility index (Phi) is 3.07. The zero-order valence-corrected chi connectivity index (χ0v) is 8.27. The van der Waals surface area contributed by atoms with Crippen LogP contribution in [-0.2, 0) is 11.1 Å². The first-order valence-electron chi connectivity index (χ1n) is 4.31. The molecule has 0 saturated heterocycles. The summed E-state index contributed by atoms with van der Waals surface area (Å²) >= 11 is -1.66.